The minimum Gasteiger partial charge on any atom is -0.258 e. The molecule has 116 valence electrons. The Bertz CT molecular complexity index is 753. The van der Waals surface area contributed by atoms with Crippen LogP contribution in [0.25, 0.3) is 0 Å². The van der Waals surface area contributed by atoms with Crippen molar-refractivity contribution < 1.29 is 13.3 Å². The van der Waals surface area contributed by atoms with E-state index in [4.69, 9.17) is 0 Å². The van der Waals surface area contributed by atoms with Crippen LogP contribution in [0.3, 0.4) is 0 Å². The fourth-order valence-corrected chi connectivity index (χ4v) is 4.05. The first-order valence-corrected chi connectivity index (χ1v) is 8.65. The Kier molecular flexibility index (Phi) is 5.07. The van der Waals surface area contributed by atoms with E-state index in [-0.39, 0.29) is 23.7 Å². The summed E-state index contributed by atoms with van der Waals surface area (Å²) in [5.41, 5.74) is -0.146. The maximum Gasteiger partial charge on any atom is 0.269 e. The van der Waals surface area contributed by atoms with Gasteiger partial charge in [0.25, 0.3) is 5.69 Å². The van der Waals surface area contributed by atoms with Gasteiger partial charge >= 0.3 is 0 Å². The molecule has 0 aliphatic rings. The average molecular weight is 338 g/mol. The van der Waals surface area contributed by atoms with E-state index in [0.29, 0.717) is 0 Å². The summed E-state index contributed by atoms with van der Waals surface area (Å²) in [5, 5.41) is 12.5. The summed E-state index contributed by atoms with van der Waals surface area (Å²) < 4.78 is 26.6. The van der Waals surface area contributed by atoms with E-state index in [9.17, 15) is 18.5 Å². The molecule has 22 heavy (non-hydrogen) atoms. The minimum absolute atomic E-state index is 0.0245. The second-order valence-corrected chi connectivity index (χ2v) is 7.39. The lowest BCUT2D eigenvalue weighted by atomic mass is 10.3. The molecule has 1 aromatic heterocycles. The number of nitrogens with zero attached hydrogens (tertiary/aromatic N) is 2. The molecule has 0 spiro atoms. The predicted molar refractivity (Wildman–Crippen MR) is 85.2 cm³/mol. The third kappa shape index (κ3) is 3.59. The van der Waals surface area contributed by atoms with E-state index >= 15 is 0 Å². The number of hydrogen-bond acceptors (Lipinski definition) is 5. The number of benzene rings is 1. The molecule has 0 saturated heterocycles. The van der Waals surface area contributed by atoms with Gasteiger partial charge in [0, 0.05) is 30.1 Å². The van der Waals surface area contributed by atoms with Gasteiger partial charge in [-0.2, -0.15) is 4.31 Å². The molecule has 6 nitrogen and oxygen atoms in total. The first-order chi connectivity index (χ1) is 10.4. The fourth-order valence-electron chi connectivity index (χ4n) is 1.86. The van der Waals surface area contributed by atoms with Gasteiger partial charge in [-0.25, -0.2) is 8.42 Å². The molecular weight excluding hydrogens is 324 g/mol. The molecular formula is C14H14N2O4S2. The SMILES string of the molecule is C=CCN(Cc1cccs1)S(=O)(=O)c1ccc([N+](=O)[O-])cc1. The minimum atomic E-state index is -3.74. The van der Waals surface area contributed by atoms with E-state index in [1.54, 1.807) is 0 Å². The van der Waals surface area contributed by atoms with Crippen LogP contribution >= 0.6 is 11.3 Å². The summed E-state index contributed by atoms with van der Waals surface area (Å²) in [6.07, 6.45) is 1.51. The zero-order valence-corrected chi connectivity index (χ0v) is 13.2. The van der Waals surface area contributed by atoms with E-state index in [2.05, 4.69) is 6.58 Å². The smallest absolute Gasteiger partial charge is 0.258 e. The van der Waals surface area contributed by atoms with E-state index in [1.165, 1.54) is 46.0 Å². The van der Waals surface area contributed by atoms with Gasteiger partial charge < -0.3 is 0 Å². The summed E-state index contributed by atoms with van der Waals surface area (Å²) in [6, 6.07) is 8.57. The van der Waals surface area contributed by atoms with Crippen molar-refractivity contribution in [2.45, 2.75) is 11.4 Å². The number of sulfonamides is 1. The molecule has 0 aliphatic heterocycles. The molecule has 2 aromatic rings. The highest BCUT2D eigenvalue weighted by atomic mass is 32.2. The van der Waals surface area contributed by atoms with Crippen LogP contribution in [-0.4, -0.2) is 24.2 Å². The number of nitro groups is 1. The molecule has 0 radical (unpaired) electrons. The van der Waals surface area contributed by atoms with E-state index in [0.717, 1.165) is 4.88 Å². The molecule has 0 bridgehead atoms. The summed E-state index contributed by atoms with van der Waals surface area (Å²) >= 11 is 1.47. The van der Waals surface area contributed by atoms with E-state index in [1.807, 2.05) is 17.5 Å². The predicted octanol–water partition coefficient (Wildman–Crippen LogP) is 3.03. The topological polar surface area (TPSA) is 80.5 Å². The number of thiophene rings is 1. The molecule has 1 aromatic carbocycles. The van der Waals surface area contributed by atoms with Crippen molar-refractivity contribution in [1.29, 1.82) is 0 Å². The normalized spacial score (nSPS) is 11.5. The number of hydrogen-bond donors (Lipinski definition) is 0. The molecule has 0 aliphatic carbocycles. The van der Waals surface area contributed by atoms with Crippen LogP contribution in [-0.2, 0) is 16.6 Å². The van der Waals surface area contributed by atoms with Crippen molar-refractivity contribution in [2.24, 2.45) is 0 Å². The third-order valence-electron chi connectivity index (χ3n) is 2.93. The van der Waals surface area contributed by atoms with Crippen LogP contribution in [0.1, 0.15) is 4.88 Å². The van der Waals surface area contributed by atoms with Crippen LogP contribution < -0.4 is 0 Å². The van der Waals surface area contributed by atoms with Crippen molar-refractivity contribution in [1.82, 2.24) is 4.31 Å². The van der Waals surface area contributed by atoms with Crippen LogP contribution in [0.4, 0.5) is 5.69 Å². The Balaban J connectivity index is 2.31. The standard InChI is InChI=1S/C14H14N2O4S2/c1-2-9-15(11-13-4-3-10-21-13)22(19,20)14-7-5-12(6-8-14)16(17)18/h2-8,10H,1,9,11H2. The lowest BCUT2D eigenvalue weighted by Crippen LogP contribution is -2.30. The molecule has 8 heteroatoms. The molecule has 1 heterocycles. The summed E-state index contributed by atoms with van der Waals surface area (Å²) in [7, 11) is -3.74. The molecule has 0 atom stereocenters. The van der Waals surface area contributed by atoms with Crippen LogP contribution in [0, 0.1) is 10.1 Å². The molecule has 0 amide bonds. The highest BCUT2D eigenvalue weighted by molar-refractivity contribution is 7.89. The van der Waals surface area contributed by atoms with Gasteiger partial charge in [-0.05, 0) is 23.6 Å². The van der Waals surface area contributed by atoms with Crippen LogP contribution in [0.2, 0.25) is 0 Å². The summed E-state index contributed by atoms with van der Waals surface area (Å²) in [4.78, 5) is 11.0. The maximum absolute atomic E-state index is 12.6. The van der Waals surface area contributed by atoms with Crippen molar-refractivity contribution in [3.8, 4) is 0 Å². The third-order valence-corrected chi connectivity index (χ3v) is 5.62. The zero-order valence-electron chi connectivity index (χ0n) is 11.6. The highest BCUT2D eigenvalue weighted by Gasteiger charge is 2.24. The lowest BCUT2D eigenvalue weighted by Gasteiger charge is -2.20. The Labute approximate surface area is 132 Å². The van der Waals surface area contributed by atoms with Crippen LogP contribution in [0.15, 0.2) is 59.3 Å². The summed E-state index contributed by atoms with van der Waals surface area (Å²) in [5.74, 6) is 0. The van der Waals surface area contributed by atoms with Gasteiger partial charge in [-0.1, -0.05) is 12.1 Å². The van der Waals surface area contributed by atoms with Crippen LogP contribution in [0.5, 0.6) is 0 Å². The number of rotatable bonds is 7. The van der Waals surface area contributed by atoms with Gasteiger partial charge in [-0.15, -0.1) is 17.9 Å². The first kappa shape index (κ1) is 16.3. The second-order valence-electron chi connectivity index (χ2n) is 4.42. The van der Waals surface area contributed by atoms with Gasteiger partial charge in [0.05, 0.1) is 9.82 Å². The van der Waals surface area contributed by atoms with Crippen molar-refractivity contribution in [3.05, 3.63) is 69.4 Å². The van der Waals surface area contributed by atoms with Gasteiger partial charge in [0.2, 0.25) is 10.0 Å². The molecule has 0 N–H and O–H groups in total. The van der Waals surface area contributed by atoms with Crippen molar-refractivity contribution in [2.75, 3.05) is 6.54 Å². The Morgan fingerprint density at radius 1 is 1.27 bits per heavy atom. The molecule has 2 rings (SSSR count). The Hall–Kier alpha value is -2.03. The van der Waals surface area contributed by atoms with E-state index < -0.39 is 14.9 Å². The first-order valence-electron chi connectivity index (χ1n) is 6.33. The number of non-ortho nitro benzene ring substituents is 1. The fraction of sp³-hybridized carbons (Fsp3) is 0.143. The summed E-state index contributed by atoms with van der Waals surface area (Å²) in [6.45, 7) is 3.99. The van der Waals surface area contributed by atoms with Crippen molar-refractivity contribution in [3.63, 3.8) is 0 Å². The monoisotopic (exact) mass is 338 g/mol. The average Bonchev–Trinajstić information content (AvgIpc) is 3.00. The van der Waals surface area contributed by atoms with Gasteiger partial charge in [0.15, 0.2) is 0 Å². The molecule has 0 saturated carbocycles. The molecule has 0 fully saturated rings. The largest absolute Gasteiger partial charge is 0.269 e. The Morgan fingerprint density at radius 3 is 2.45 bits per heavy atom. The Morgan fingerprint density at radius 2 is 1.95 bits per heavy atom. The highest BCUT2D eigenvalue weighted by Crippen LogP contribution is 2.22. The lowest BCUT2D eigenvalue weighted by molar-refractivity contribution is -0.384. The molecule has 0 unspecified atom stereocenters. The van der Waals surface area contributed by atoms with Gasteiger partial charge in [-0.3, -0.25) is 10.1 Å². The maximum atomic E-state index is 12.6. The zero-order chi connectivity index (χ0) is 16.2. The quantitative estimate of drug-likeness (QED) is 0.441. The van der Waals surface area contributed by atoms with Crippen molar-refractivity contribution >= 4 is 27.0 Å². The second kappa shape index (κ2) is 6.82. The number of nitro benzene ring substituents is 1. The van der Waals surface area contributed by atoms with Gasteiger partial charge in [0.1, 0.15) is 0 Å².